The Labute approximate surface area is 116 Å². The highest BCUT2D eigenvalue weighted by atomic mass is 32.2. The van der Waals surface area contributed by atoms with Gasteiger partial charge in [-0.25, -0.2) is 13.4 Å². The molecular formula is C13H23N3O2S. The monoisotopic (exact) mass is 285 g/mol. The van der Waals surface area contributed by atoms with Crippen molar-refractivity contribution in [2.75, 3.05) is 18.9 Å². The SMILES string of the molecule is CCNc1cc(S(=O)(=O)N(C)C(C)(C)CC)ccn1. The third-order valence-electron chi connectivity index (χ3n) is 3.47. The molecule has 0 aliphatic heterocycles. The molecule has 0 atom stereocenters. The zero-order valence-corrected chi connectivity index (χ0v) is 13.1. The fraction of sp³-hybridized carbons (Fsp3) is 0.615. The van der Waals surface area contributed by atoms with Gasteiger partial charge in [0.15, 0.2) is 0 Å². The average molecular weight is 285 g/mol. The summed E-state index contributed by atoms with van der Waals surface area (Å²) in [6, 6.07) is 3.10. The third-order valence-corrected chi connectivity index (χ3v) is 5.53. The quantitative estimate of drug-likeness (QED) is 0.871. The number of sulfonamides is 1. The van der Waals surface area contributed by atoms with Gasteiger partial charge < -0.3 is 5.32 Å². The van der Waals surface area contributed by atoms with Crippen molar-refractivity contribution in [2.45, 2.75) is 44.6 Å². The predicted molar refractivity (Wildman–Crippen MR) is 77.7 cm³/mol. The van der Waals surface area contributed by atoms with Crippen LogP contribution in [0.2, 0.25) is 0 Å². The molecule has 0 aliphatic rings. The van der Waals surface area contributed by atoms with Crippen molar-refractivity contribution in [2.24, 2.45) is 0 Å². The predicted octanol–water partition coefficient (Wildman–Crippen LogP) is 2.32. The van der Waals surface area contributed by atoms with E-state index in [-0.39, 0.29) is 4.90 Å². The maximum atomic E-state index is 12.6. The molecule has 0 unspecified atom stereocenters. The van der Waals surface area contributed by atoms with E-state index < -0.39 is 15.6 Å². The second kappa shape index (κ2) is 5.88. The van der Waals surface area contributed by atoms with Crippen LogP contribution in [0, 0.1) is 0 Å². The molecule has 6 heteroatoms. The minimum atomic E-state index is -3.50. The van der Waals surface area contributed by atoms with E-state index in [1.807, 2.05) is 27.7 Å². The summed E-state index contributed by atoms with van der Waals surface area (Å²) >= 11 is 0. The summed E-state index contributed by atoms with van der Waals surface area (Å²) in [6.45, 7) is 8.44. The van der Waals surface area contributed by atoms with E-state index >= 15 is 0 Å². The van der Waals surface area contributed by atoms with Crippen LogP contribution in [0.15, 0.2) is 23.2 Å². The van der Waals surface area contributed by atoms with Gasteiger partial charge in [0.05, 0.1) is 4.90 Å². The maximum absolute atomic E-state index is 12.6. The van der Waals surface area contributed by atoms with E-state index in [1.54, 1.807) is 13.1 Å². The largest absolute Gasteiger partial charge is 0.370 e. The van der Waals surface area contributed by atoms with E-state index in [9.17, 15) is 8.42 Å². The van der Waals surface area contributed by atoms with Crippen LogP contribution in [-0.2, 0) is 10.0 Å². The van der Waals surface area contributed by atoms with Crippen LogP contribution in [0.4, 0.5) is 5.82 Å². The van der Waals surface area contributed by atoms with Crippen LogP contribution < -0.4 is 5.32 Å². The van der Waals surface area contributed by atoms with Crippen LogP contribution in [-0.4, -0.2) is 36.8 Å². The first-order chi connectivity index (χ1) is 8.75. The van der Waals surface area contributed by atoms with Crippen molar-refractivity contribution in [3.63, 3.8) is 0 Å². The highest BCUT2D eigenvalue weighted by Gasteiger charge is 2.32. The molecule has 0 saturated heterocycles. The standard InChI is InChI=1S/C13H23N3O2S/c1-6-13(3,4)16(5)19(17,18)11-8-9-15-12(10-11)14-7-2/h8-10H,6-7H2,1-5H3,(H,14,15). The van der Waals surface area contributed by atoms with E-state index in [0.29, 0.717) is 12.4 Å². The normalized spacial score (nSPS) is 12.7. The van der Waals surface area contributed by atoms with Gasteiger partial charge in [0.1, 0.15) is 5.82 Å². The lowest BCUT2D eigenvalue weighted by Gasteiger charge is -2.33. The van der Waals surface area contributed by atoms with Gasteiger partial charge in [0, 0.05) is 31.4 Å². The van der Waals surface area contributed by atoms with Gasteiger partial charge in [-0.2, -0.15) is 4.31 Å². The summed E-state index contributed by atoms with van der Waals surface area (Å²) in [6.07, 6.45) is 2.26. The number of hydrogen-bond donors (Lipinski definition) is 1. The van der Waals surface area contributed by atoms with E-state index in [2.05, 4.69) is 10.3 Å². The summed E-state index contributed by atoms with van der Waals surface area (Å²) in [4.78, 5) is 4.36. The van der Waals surface area contributed by atoms with Crippen LogP contribution >= 0.6 is 0 Å². The summed E-state index contributed by atoms with van der Waals surface area (Å²) < 4.78 is 26.6. The Morgan fingerprint density at radius 3 is 2.53 bits per heavy atom. The fourth-order valence-electron chi connectivity index (χ4n) is 1.56. The average Bonchev–Trinajstić information content (AvgIpc) is 2.38. The summed E-state index contributed by atoms with van der Waals surface area (Å²) in [5.41, 5.74) is -0.416. The molecule has 0 saturated carbocycles. The number of anilines is 1. The van der Waals surface area contributed by atoms with Crippen LogP contribution in [0.5, 0.6) is 0 Å². The van der Waals surface area contributed by atoms with E-state index in [0.717, 1.165) is 6.42 Å². The smallest absolute Gasteiger partial charge is 0.243 e. The van der Waals surface area contributed by atoms with Crippen molar-refractivity contribution in [1.82, 2.24) is 9.29 Å². The molecule has 0 radical (unpaired) electrons. The fourth-order valence-corrected chi connectivity index (χ4v) is 3.14. The van der Waals surface area contributed by atoms with Gasteiger partial charge in [-0.15, -0.1) is 0 Å². The number of pyridine rings is 1. The highest BCUT2D eigenvalue weighted by Crippen LogP contribution is 2.25. The van der Waals surface area contributed by atoms with Gasteiger partial charge in [-0.05, 0) is 33.3 Å². The number of aromatic nitrogens is 1. The molecule has 1 rings (SSSR count). The molecule has 5 nitrogen and oxygen atoms in total. The Balaban J connectivity index is 3.17. The lowest BCUT2D eigenvalue weighted by molar-refractivity contribution is 0.257. The van der Waals surface area contributed by atoms with E-state index in [4.69, 9.17) is 0 Å². The first-order valence-corrected chi connectivity index (χ1v) is 7.88. The Morgan fingerprint density at radius 1 is 1.37 bits per heavy atom. The number of hydrogen-bond acceptors (Lipinski definition) is 4. The van der Waals surface area contributed by atoms with Crippen molar-refractivity contribution in [3.05, 3.63) is 18.3 Å². The van der Waals surface area contributed by atoms with E-state index in [1.165, 1.54) is 16.6 Å². The van der Waals surface area contributed by atoms with Gasteiger partial charge in [0.2, 0.25) is 10.0 Å². The molecule has 1 heterocycles. The first-order valence-electron chi connectivity index (χ1n) is 6.44. The summed E-state index contributed by atoms with van der Waals surface area (Å²) in [5, 5.41) is 3.02. The van der Waals surface area contributed by atoms with Crippen LogP contribution in [0.25, 0.3) is 0 Å². The second-order valence-electron chi connectivity index (χ2n) is 5.05. The lowest BCUT2D eigenvalue weighted by Crippen LogP contribution is -2.44. The zero-order chi connectivity index (χ0) is 14.7. The molecule has 1 N–H and O–H groups in total. The lowest BCUT2D eigenvalue weighted by atomic mass is 10.0. The number of rotatable bonds is 6. The molecular weight excluding hydrogens is 262 g/mol. The van der Waals surface area contributed by atoms with Crippen molar-refractivity contribution in [3.8, 4) is 0 Å². The van der Waals surface area contributed by atoms with Gasteiger partial charge in [-0.1, -0.05) is 6.92 Å². The maximum Gasteiger partial charge on any atom is 0.243 e. The molecule has 0 spiro atoms. The Hall–Kier alpha value is -1.14. The molecule has 0 amide bonds. The van der Waals surface area contributed by atoms with Crippen LogP contribution in [0.1, 0.15) is 34.1 Å². The molecule has 1 aromatic heterocycles. The van der Waals surface area contributed by atoms with Crippen molar-refractivity contribution >= 4 is 15.8 Å². The van der Waals surface area contributed by atoms with Gasteiger partial charge in [0.25, 0.3) is 0 Å². The molecule has 0 aromatic carbocycles. The Bertz CT molecular complexity index is 526. The molecule has 0 bridgehead atoms. The second-order valence-corrected chi connectivity index (χ2v) is 7.01. The highest BCUT2D eigenvalue weighted by molar-refractivity contribution is 7.89. The molecule has 108 valence electrons. The Kier molecular flexibility index (Phi) is 4.92. The van der Waals surface area contributed by atoms with Crippen molar-refractivity contribution in [1.29, 1.82) is 0 Å². The molecule has 0 fully saturated rings. The third kappa shape index (κ3) is 3.45. The van der Waals surface area contributed by atoms with Gasteiger partial charge in [-0.3, -0.25) is 0 Å². The number of nitrogens with zero attached hydrogens (tertiary/aromatic N) is 2. The molecule has 1 aromatic rings. The summed E-state index contributed by atoms with van der Waals surface area (Å²) in [7, 11) is -1.88. The van der Waals surface area contributed by atoms with Crippen LogP contribution in [0.3, 0.4) is 0 Å². The first kappa shape index (κ1) is 15.9. The minimum Gasteiger partial charge on any atom is -0.370 e. The van der Waals surface area contributed by atoms with Gasteiger partial charge >= 0.3 is 0 Å². The Morgan fingerprint density at radius 2 is 2.00 bits per heavy atom. The summed E-state index contributed by atoms with van der Waals surface area (Å²) in [5.74, 6) is 0.575. The number of nitrogens with one attached hydrogen (secondary N) is 1. The minimum absolute atomic E-state index is 0.266. The van der Waals surface area contributed by atoms with Crippen molar-refractivity contribution < 1.29 is 8.42 Å². The molecule has 19 heavy (non-hydrogen) atoms. The topological polar surface area (TPSA) is 62.3 Å². The zero-order valence-electron chi connectivity index (χ0n) is 12.3. The molecule has 0 aliphatic carbocycles.